The maximum Gasteiger partial charge on any atom is 0.419 e. The van der Waals surface area contributed by atoms with Crippen molar-refractivity contribution in [2.45, 2.75) is 58.4 Å². The molecule has 0 spiro atoms. The first kappa shape index (κ1) is 14.8. The van der Waals surface area contributed by atoms with Gasteiger partial charge >= 0.3 is 12.2 Å². The summed E-state index contributed by atoms with van der Waals surface area (Å²) < 4.78 is 10.1. The van der Waals surface area contributed by atoms with E-state index >= 15 is 0 Å². The highest BCUT2D eigenvalue weighted by atomic mass is 16.6. The normalized spacial score (nSPS) is 15.4. The van der Waals surface area contributed by atoms with Crippen molar-refractivity contribution in [3.8, 4) is 0 Å². The van der Waals surface area contributed by atoms with Crippen LogP contribution in [0.3, 0.4) is 0 Å². The monoisotopic (exact) mass is 257 g/mol. The number of hydrogen-bond donors (Lipinski definition) is 0. The zero-order chi connectivity index (χ0) is 13.4. The minimum Gasteiger partial charge on any atom is -0.449 e. The molecule has 2 amide bonds. The van der Waals surface area contributed by atoms with Crippen LogP contribution >= 0.6 is 0 Å². The van der Waals surface area contributed by atoms with Gasteiger partial charge in [0.1, 0.15) is 0 Å². The van der Waals surface area contributed by atoms with E-state index in [1.165, 1.54) is 4.90 Å². The van der Waals surface area contributed by atoms with Crippen molar-refractivity contribution in [1.29, 1.82) is 0 Å². The fourth-order valence-electron chi connectivity index (χ4n) is 2.05. The number of carbonyl (C=O) groups is 2. The third kappa shape index (κ3) is 4.20. The van der Waals surface area contributed by atoms with Crippen LogP contribution in [0.5, 0.6) is 0 Å². The van der Waals surface area contributed by atoms with Gasteiger partial charge < -0.3 is 9.47 Å². The maximum absolute atomic E-state index is 11.9. The average Bonchev–Trinajstić information content (AvgIpc) is 2.87. The number of rotatable bonds is 5. The highest BCUT2D eigenvalue weighted by molar-refractivity contribution is 5.88. The number of imide groups is 1. The molecule has 0 unspecified atom stereocenters. The van der Waals surface area contributed by atoms with Gasteiger partial charge in [0.05, 0.1) is 13.2 Å². The third-order valence-electron chi connectivity index (χ3n) is 2.94. The Labute approximate surface area is 108 Å². The second kappa shape index (κ2) is 7.95. The van der Waals surface area contributed by atoms with E-state index < -0.39 is 12.2 Å². The number of carbonyl (C=O) groups excluding carboxylic acids is 2. The Morgan fingerprint density at radius 3 is 1.83 bits per heavy atom. The maximum atomic E-state index is 11.9. The number of hydrogen-bond acceptors (Lipinski definition) is 4. The summed E-state index contributed by atoms with van der Waals surface area (Å²) in [6, 6.07) is -0.0567. The van der Waals surface area contributed by atoms with Crippen molar-refractivity contribution in [3.05, 3.63) is 0 Å². The first-order chi connectivity index (χ1) is 8.70. The molecule has 1 aliphatic rings. The molecule has 0 bridgehead atoms. The van der Waals surface area contributed by atoms with Crippen LogP contribution in [0.25, 0.3) is 0 Å². The Balaban J connectivity index is 2.61. The van der Waals surface area contributed by atoms with Crippen LogP contribution in [-0.2, 0) is 9.47 Å². The van der Waals surface area contributed by atoms with Gasteiger partial charge in [0.2, 0.25) is 0 Å². The lowest BCUT2D eigenvalue weighted by atomic mass is 10.2. The lowest BCUT2D eigenvalue weighted by Crippen LogP contribution is -2.44. The van der Waals surface area contributed by atoms with Gasteiger partial charge in [-0.3, -0.25) is 0 Å². The Morgan fingerprint density at radius 2 is 1.44 bits per heavy atom. The quantitative estimate of drug-likeness (QED) is 0.758. The van der Waals surface area contributed by atoms with Crippen molar-refractivity contribution in [2.75, 3.05) is 13.2 Å². The highest BCUT2D eigenvalue weighted by Gasteiger charge is 2.34. The molecule has 18 heavy (non-hydrogen) atoms. The predicted octanol–water partition coefficient (Wildman–Crippen LogP) is 3.32. The lowest BCUT2D eigenvalue weighted by molar-refractivity contribution is 0.0634. The van der Waals surface area contributed by atoms with Gasteiger partial charge in [0.25, 0.3) is 0 Å². The Kier molecular flexibility index (Phi) is 6.54. The van der Waals surface area contributed by atoms with E-state index in [2.05, 4.69) is 0 Å². The van der Waals surface area contributed by atoms with Gasteiger partial charge in [-0.1, -0.05) is 26.7 Å². The molecule has 104 valence electrons. The van der Waals surface area contributed by atoms with Crippen LogP contribution in [0, 0.1) is 0 Å². The molecule has 0 N–H and O–H groups in total. The second-order valence-corrected chi connectivity index (χ2v) is 4.54. The highest BCUT2D eigenvalue weighted by Crippen LogP contribution is 2.24. The summed E-state index contributed by atoms with van der Waals surface area (Å²) in [7, 11) is 0. The molecule has 5 nitrogen and oxygen atoms in total. The zero-order valence-corrected chi connectivity index (χ0v) is 11.3. The summed E-state index contributed by atoms with van der Waals surface area (Å²) in [6.07, 6.45) is 4.15. The molecule has 0 heterocycles. The van der Waals surface area contributed by atoms with Gasteiger partial charge in [-0.05, 0) is 25.7 Å². The van der Waals surface area contributed by atoms with E-state index in [-0.39, 0.29) is 6.04 Å². The minimum absolute atomic E-state index is 0.0567. The SMILES string of the molecule is CCCOC(=O)N(C(=O)OCCC)C1CCCC1. The average molecular weight is 257 g/mol. The first-order valence-corrected chi connectivity index (χ1v) is 6.83. The molecule has 0 atom stereocenters. The summed E-state index contributed by atoms with van der Waals surface area (Å²) in [6.45, 7) is 4.51. The van der Waals surface area contributed by atoms with Crippen molar-refractivity contribution in [3.63, 3.8) is 0 Å². The zero-order valence-electron chi connectivity index (χ0n) is 11.3. The van der Waals surface area contributed by atoms with Crippen molar-refractivity contribution >= 4 is 12.2 Å². The molecule has 0 aromatic rings. The Morgan fingerprint density at radius 1 is 1.00 bits per heavy atom. The fourth-order valence-corrected chi connectivity index (χ4v) is 2.05. The van der Waals surface area contributed by atoms with Gasteiger partial charge in [0.15, 0.2) is 0 Å². The molecule has 0 aromatic carbocycles. The second-order valence-electron chi connectivity index (χ2n) is 4.54. The van der Waals surface area contributed by atoms with Crippen molar-refractivity contribution < 1.29 is 19.1 Å². The van der Waals surface area contributed by atoms with Gasteiger partial charge in [-0.2, -0.15) is 0 Å². The lowest BCUT2D eigenvalue weighted by Gasteiger charge is -2.25. The molecule has 1 rings (SSSR count). The molecule has 5 heteroatoms. The van der Waals surface area contributed by atoms with E-state index in [1.54, 1.807) is 0 Å². The molecule has 0 saturated heterocycles. The van der Waals surface area contributed by atoms with Crippen LogP contribution in [0.1, 0.15) is 52.4 Å². The van der Waals surface area contributed by atoms with Gasteiger partial charge in [-0.25, -0.2) is 14.5 Å². The number of nitrogens with zero attached hydrogens (tertiary/aromatic N) is 1. The molecule has 1 fully saturated rings. The third-order valence-corrected chi connectivity index (χ3v) is 2.94. The topological polar surface area (TPSA) is 55.8 Å². The van der Waals surface area contributed by atoms with E-state index in [0.717, 1.165) is 38.5 Å². The smallest absolute Gasteiger partial charge is 0.419 e. The summed E-state index contributed by atoms with van der Waals surface area (Å²) in [5, 5.41) is 0. The molecule has 1 saturated carbocycles. The van der Waals surface area contributed by atoms with E-state index in [4.69, 9.17) is 9.47 Å². The molecular weight excluding hydrogens is 234 g/mol. The number of ether oxygens (including phenoxy) is 2. The molecule has 0 aliphatic heterocycles. The summed E-state index contributed by atoms with van der Waals surface area (Å²) in [5.74, 6) is 0. The predicted molar refractivity (Wildman–Crippen MR) is 67.4 cm³/mol. The Bertz CT molecular complexity index is 254. The van der Waals surface area contributed by atoms with Gasteiger partial charge in [0, 0.05) is 6.04 Å². The Hall–Kier alpha value is -1.26. The molecule has 0 radical (unpaired) electrons. The fraction of sp³-hybridized carbons (Fsp3) is 0.846. The standard InChI is InChI=1S/C13H23NO4/c1-3-9-17-12(15)14(11-7-5-6-8-11)13(16)18-10-4-2/h11H,3-10H2,1-2H3. The van der Waals surface area contributed by atoms with Gasteiger partial charge in [-0.15, -0.1) is 0 Å². The number of amides is 2. The summed E-state index contributed by atoms with van der Waals surface area (Å²) in [4.78, 5) is 25.0. The summed E-state index contributed by atoms with van der Waals surface area (Å²) in [5.41, 5.74) is 0. The van der Waals surface area contributed by atoms with Crippen LogP contribution in [-0.4, -0.2) is 36.3 Å². The van der Waals surface area contributed by atoms with E-state index in [9.17, 15) is 9.59 Å². The summed E-state index contributed by atoms with van der Waals surface area (Å²) >= 11 is 0. The molecule has 1 aliphatic carbocycles. The van der Waals surface area contributed by atoms with Crippen molar-refractivity contribution in [2.24, 2.45) is 0 Å². The minimum atomic E-state index is -0.565. The molecular formula is C13H23NO4. The van der Waals surface area contributed by atoms with E-state index in [1.807, 2.05) is 13.8 Å². The van der Waals surface area contributed by atoms with E-state index in [0.29, 0.717) is 13.2 Å². The van der Waals surface area contributed by atoms with Crippen LogP contribution in [0.15, 0.2) is 0 Å². The largest absolute Gasteiger partial charge is 0.449 e. The van der Waals surface area contributed by atoms with Crippen LogP contribution < -0.4 is 0 Å². The van der Waals surface area contributed by atoms with Crippen LogP contribution in [0.4, 0.5) is 9.59 Å². The first-order valence-electron chi connectivity index (χ1n) is 6.83. The van der Waals surface area contributed by atoms with Crippen LogP contribution in [0.2, 0.25) is 0 Å². The molecule has 0 aromatic heterocycles. The van der Waals surface area contributed by atoms with Crippen molar-refractivity contribution in [1.82, 2.24) is 4.90 Å².